The third-order valence-corrected chi connectivity index (χ3v) is 3.81. The van der Waals surface area contributed by atoms with Gasteiger partial charge in [-0.3, -0.25) is 4.99 Å². The molecule has 1 unspecified atom stereocenters. The molecule has 132 valence electrons. The number of benzene rings is 2. The first kappa shape index (κ1) is 17.1. The minimum absolute atomic E-state index is 0.234. The second-order valence-corrected chi connectivity index (χ2v) is 5.91. The number of aliphatic imine (C=N–C) groups is 1. The van der Waals surface area contributed by atoms with E-state index in [0.29, 0.717) is 25.4 Å². The number of aliphatic hydroxyl groups excluding tert-OH is 1. The molecule has 1 aliphatic rings. The van der Waals surface area contributed by atoms with Gasteiger partial charge in [-0.15, -0.1) is 0 Å². The number of fused-ring (bicyclic) bond motifs is 1. The van der Waals surface area contributed by atoms with Crippen LogP contribution in [0.4, 0.5) is 5.69 Å². The molecule has 0 amide bonds. The van der Waals surface area contributed by atoms with Crippen LogP contribution < -0.4 is 20.5 Å². The van der Waals surface area contributed by atoms with Crippen LogP contribution in [0.15, 0.2) is 53.5 Å². The highest BCUT2D eigenvalue weighted by Crippen LogP contribution is 2.32. The highest BCUT2D eigenvalue weighted by Gasteiger charge is 2.11. The highest BCUT2D eigenvalue weighted by molar-refractivity contribution is 5.92. The number of rotatable bonds is 5. The topological polar surface area (TPSA) is 89.1 Å². The van der Waals surface area contributed by atoms with Gasteiger partial charge in [-0.05, 0) is 17.7 Å². The van der Waals surface area contributed by atoms with Gasteiger partial charge in [0.2, 0.25) is 0 Å². The van der Waals surface area contributed by atoms with Crippen molar-refractivity contribution in [3.05, 3.63) is 54.1 Å². The zero-order valence-corrected chi connectivity index (χ0v) is 14.0. The van der Waals surface area contributed by atoms with Crippen molar-refractivity contribution in [2.24, 2.45) is 10.7 Å². The Morgan fingerprint density at radius 1 is 1.12 bits per heavy atom. The monoisotopic (exact) mass is 341 g/mol. The fraction of sp³-hybridized carbons (Fsp3) is 0.316. The van der Waals surface area contributed by atoms with E-state index in [1.807, 2.05) is 48.5 Å². The maximum atomic E-state index is 10.1. The van der Waals surface area contributed by atoms with Crippen LogP contribution in [0.5, 0.6) is 11.5 Å². The Balaban J connectivity index is 1.55. The van der Waals surface area contributed by atoms with E-state index in [9.17, 15) is 5.11 Å². The molecule has 0 aliphatic carbocycles. The van der Waals surface area contributed by atoms with Gasteiger partial charge in [-0.25, -0.2) is 0 Å². The third kappa shape index (κ3) is 5.12. The lowest BCUT2D eigenvalue weighted by atomic mass is 10.1. The molecule has 1 aliphatic heterocycles. The van der Waals surface area contributed by atoms with Gasteiger partial charge in [0.25, 0.3) is 0 Å². The Morgan fingerprint density at radius 2 is 1.88 bits per heavy atom. The molecule has 0 bridgehead atoms. The van der Waals surface area contributed by atoms with Gasteiger partial charge in [-0.2, -0.15) is 0 Å². The summed E-state index contributed by atoms with van der Waals surface area (Å²) in [6.45, 7) is 1.52. The Bertz CT molecular complexity index is 719. The molecule has 6 heteroatoms. The lowest BCUT2D eigenvalue weighted by Gasteiger charge is -2.12. The molecule has 0 aromatic heterocycles. The van der Waals surface area contributed by atoms with Crippen LogP contribution in [0.1, 0.15) is 12.0 Å². The number of hydrogen-bond acceptors (Lipinski definition) is 4. The second-order valence-electron chi connectivity index (χ2n) is 5.91. The molecule has 0 radical (unpaired) electrons. The first-order valence-electron chi connectivity index (χ1n) is 8.39. The summed E-state index contributed by atoms with van der Waals surface area (Å²) in [6, 6.07) is 15.3. The average Bonchev–Trinajstić information content (AvgIpc) is 2.86. The maximum absolute atomic E-state index is 10.1. The highest BCUT2D eigenvalue weighted by atomic mass is 16.5. The van der Waals surface area contributed by atoms with Crippen LogP contribution in [-0.2, 0) is 6.42 Å². The zero-order chi connectivity index (χ0) is 17.5. The van der Waals surface area contributed by atoms with E-state index < -0.39 is 6.10 Å². The molecule has 2 aromatic carbocycles. The van der Waals surface area contributed by atoms with Crippen LogP contribution in [0.2, 0.25) is 0 Å². The molecule has 0 spiro atoms. The van der Waals surface area contributed by atoms with Gasteiger partial charge in [0, 0.05) is 24.6 Å². The summed E-state index contributed by atoms with van der Waals surface area (Å²) in [7, 11) is 0. The average molecular weight is 341 g/mol. The van der Waals surface area contributed by atoms with E-state index in [1.54, 1.807) is 0 Å². The number of nitrogens with zero attached hydrogens (tertiary/aromatic N) is 1. The van der Waals surface area contributed by atoms with Gasteiger partial charge in [0.15, 0.2) is 17.5 Å². The van der Waals surface area contributed by atoms with Crippen LogP contribution >= 0.6 is 0 Å². The summed E-state index contributed by atoms with van der Waals surface area (Å²) in [5.41, 5.74) is 7.75. The molecule has 1 atom stereocenters. The van der Waals surface area contributed by atoms with Crippen molar-refractivity contribution in [2.45, 2.75) is 18.9 Å². The van der Waals surface area contributed by atoms with E-state index in [2.05, 4.69) is 10.3 Å². The van der Waals surface area contributed by atoms with Crippen molar-refractivity contribution in [1.82, 2.24) is 0 Å². The number of anilines is 1. The largest absolute Gasteiger partial charge is 0.490 e. The molecule has 0 saturated carbocycles. The predicted molar refractivity (Wildman–Crippen MR) is 98.3 cm³/mol. The molecule has 0 fully saturated rings. The number of guanidine groups is 1. The van der Waals surface area contributed by atoms with Crippen molar-refractivity contribution in [3.8, 4) is 11.5 Å². The fourth-order valence-electron chi connectivity index (χ4n) is 2.58. The Morgan fingerprint density at radius 3 is 2.68 bits per heavy atom. The summed E-state index contributed by atoms with van der Waals surface area (Å²) < 4.78 is 11.2. The predicted octanol–water partition coefficient (Wildman–Crippen LogP) is 2.18. The molecular weight excluding hydrogens is 318 g/mol. The summed E-state index contributed by atoms with van der Waals surface area (Å²) in [5.74, 6) is 1.68. The van der Waals surface area contributed by atoms with Gasteiger partial charge in [0.1, 0.15) is 0 Å². The molecule has 0 saturated heterocycles. The first-order valence-corrected chi connectivity index (χ1v) is 8.39. The van der Waals surface area contributed by atoms with Crippen LogP contribution in [0.25, 0.3) is 0 Å². The first-order chi connectivity index (χ1) is 12.2. The van der Waals surface area contributed by atoms with Gasteiger partial charge < -0.3 is 25.6 Å². The zero-order valence-electron chi connectivity index (χ0n) is 14.0. The van der Waals surface area contributed by atoms with Gasteiger partial charge >= 0.3 is 0 Å². The smallest absolute Gasteiger partial charge is 0.193 e. The summed E-state index contributed by atoms with van der Waals surface area (Å²) in [6.07, 6.45) is 0.827. The molecule has 1 heterocycles. The molecule has 3 rings (SSSR count). The minimum atomic E-state index is -0.577. The van der Waals surface area contributed by atoms with Crippen molar-refractivity contribution in [3.63, 3.8) is 0 Å². The van der Waals surface area contributed by atoms with E-state index in [0.717, 1.165) is 23.4 Å². The number of nitrogens with one attached hydrogen (secondary N) is 1. The lowest BCUT2D eigenvalue weighted by Crippen LogP contribution is -2.25. The van der Waals surface area contributed by atoms with E-state index >= 15 is 0 Å². The third-order valence-electron chi connectivity index (χ3n) is 3.81. The quantitative estimate of drug-likeness (QED) is 0.573. The Labute approximate surface area is 147 Å². The van der Waals surface area contributed by atoms with Gasteiger partial charge in [0.05, 0.1) is 25.9 Å². The number of nitrogens with two attached hydrogens (primary N) is 1. The molecule has 25 heavy (non-hydrogen) atoms. The molecular formula is C19H23N3O3. The second kappa shape index (κ2) is 8.39. The number of hydrogen-bond donors (Lipinski definition) is 3. The fourth-order valence-corrected chi connectivity index (χ4v) is 2.58. The summed E-state index contributed by atoms with van der Waals surface area (Å²) >= 11 is 0. The van der Waals surface area contributed by atoms with Crippen molar-refractivity contribution >= 4 is 11.6 Å². The van der Waals surface area contributed by atoms with Gasteiger partial charge in [-0.1, -0.05) is 30.3 Å². The van der Waals surface area contributed by atoms with Crippen LogP contribution in [-0.4, -0.2) is 36.9 Å². The Kier molecular flexibility index (Phi) is 5.74. The lowest BCUT2D eigenvalue weighted by molar-refractivity contribution is 0.184. The molecule has 4 N–H and O–H groups in total. The minimum Gasteiger partial charge on any atom is -0.490 e. The van der Waals surface area contributed by atoms with Crippen molar-refractivity contribution in [1.29, 1.82) is 0 Å². The molecule has 2 aromatic rings. The van der Waals surface area contributed by atoms with Crippen LogP contribution in [0, 0.1) is 0 Å². The SMILES string of the molecule is NC(=NCC(O)Cc1ccccc1)Nc1ccc2c(c1)OCCCO2. The van der Waals surface area contributed by atoms with Crippen LogP contribution in [0.3, 0.4) is 0 Å². The normalized spacial score (nSPS) is 15.3. The van der Waals surface area contributed by atoms with E-state index in [-0.39, 0.29) is 12.5 Å². The summed E-state index contributed by atoms with van der Waals surface area (Å²) in [5, 5.41) is 13.1. The molecule has 6 nitrogen and oxygen atoms in total. The van der Waals surface area contributed by atoms with Crippen molar-refractivity contribution < 1.29 is 14.6 Å². The number of aliphatic hydroxyl groups is 1. The van der Waals surface area contributed by atoms with E-state index in [4.69, 9.17) is 15.2 Å². The van der Waals surface area contributed by atoms with E-state index in [1.165, 1.54) is 0 Å². The maximum Gasteiger partial charge on any atom is 0.193 e. The number of ether oxygens (including phenoxy) is 2. The van der Waals surface area contributed by atoms with Crippen molar-refractivity contribution in [2.75, 3.05) is 25.1 Å². The summed E-state index contributed by atoms with van der Waals surface area (Å²) in [4.78, 5) is 4.21. The Hall–Kier alpha value is -2.73. The standard InChI is InChI=1S/C19H23N3O3/c20-19(21-13-16(23)11-14-5-2-1-3-6-14)22-15-7-8-17-18(12-15)25-10-4-9-24-17/h1-3,5-8,12,16,23H,4,9-11,13H2,(H3,20,21,22).